The van der Waals surface area contributed by atoms with Crippen molar-refractivity contribution in [3.05, 3.63) is 64.9 Å². The van der Waals surface area contributed by atoms with Crippen molar-refractivity contribution in [3.63, 3.8) is 0 Å². The second-order valence-electron chi connectivity index (χ2n) is 9.77. The maximum atomic E-state index is 14.1. The van der Waals surface area contributed by atoms with Crippen LogP contribution in [-0.4, -0.2) is 54.8 Å². The molecule has 0 radical (unpaired) electrons. The lowest BCUT2D eigenvalue weighted by Crippen LogP contribution is -2.52. The number of hydrogen-bond acceptors (Lipinski definition) is 6. The fraction of sp³-hybridized carbons (Fsp3) is 0.320. The molecule has 2 amide bonds. The van der Waals surface area contributed by atoms with Crippen molar-refractivity contribution in [1.29, 1.82) is 0 Å². The van der Waals surface area contributed by atoms with E-state index in [9.17, 15) is 40.0 Å². The van der Waals surface area contributed by atoms with E-state index < -0.39 is 57.4 Å². The Bertz CT molecular complexity index is 1630. The molecular weight excluding hydrogens is 563 g/mol. The molecule has 0 saturated heterocycles. The first-order valence-corrected chi connectivity index (χ1v) is 13.9. The minimum atomic E-state index is -4.51. The average molecular weight is 585 g/mol. The second-order valence-corrected chi connectivity index (χ2v) is 11.9. The van der Waals surface area contributed by atoms with E-state index in [1.165, 1.54) is 16.8 Å². The van der Waals surface area contributed by atoms with Crippen LogP contribution in [0.15, 0.2) is 36.4 Å². The number of benzene rings is 2. The molecule has 0 fully saturated rings. The lowest BCUT2D eigenvalue weighted by atomic mass is 9.89. The molecule has 0 bridgehead atoms. The lowest BCUT2D eigenvalue weighted by Gasteiger charge is -2.36. The molecule has 3 aromatic rings. The summed E-state index contributed by atoms with van der Waals surface area (Å²) in [6, 6.07) is 6.92. The molecule has 15 heteroatoms. The molecule has 5 rings (SSSR count). The van der Waals surface area contributed by atoms with Crippen LogP contribution in [0.3, 0.4) is 0 Å². The van der Waals surface area contributed by atoms with Crippen LogP contribution in [-0.2, 0) is 33.1 Å². The van der Waals surface area contributed by atoms with E-state index >= 15 is 0 Å². The Morgan fingerprint density at radius 3 is 2.52 bits per heavy atom. The van der Waals surface area contributed by atoms with Gasteiger partial charge in [0.05, 0.1) is 12.1 Å². The summed E-state index contributed by atoms with van der Waals surface area (Å²) in [7, 11) is -3.75. The van der Waals surface area contributed by atoms with E-state index in [4.69, 9.17) is 4.74 Å². The van der Waals surface area contributed by atoms with Crippen LogP contribution < -0.4 is 15.4 Å². The molecule has 1 spiro atoms. The van der Waals surface area contributed by atoms with Gasteiger partial charge in [-0.25, -0.2) is 17.2 Å². The van der Waals surface area contributed by atoms with Crippen LogP contribution in [0.1, 0.15) is 28.0 Å². The third kappa shape index (κ3) is 5.50. The molecule has 0 saturated carbocycles. The topological polar surface area (TPSA) is 119 Å². The molecule has 1 aliphatic carbocycles. The minimum Gasteiger partial charge on any atom is -0.484 e. The van der Waals surface area contributed by atoms with Crippen molar-refractivity contribution in [2.24, 2.45) is 0 Å². The molecule has 0 unspecified atom stereocenters. The summed E-state index contributed by atoms with van der Waals surface area (Å²) in [5.41, 5.74) is -0.379. The summed E-state index contributed by atoms with van der Waals surface area (Å²) >= 11 is 0. The van der Waals surface area contributed by atoms with Gasteiger partial charge in [-0.1, -0.05) is 6.07 Å². The number of carbonyl (C=O) groups excluding carboxylic acids is 2. The Morgan fingerprint density at radius 1 is 1.18 bits per heavy atom. The van der Waals surface area contributed by atoms with Crippen molar-refractivity contribution >= 4 is 27.3 Å². The van der Waals surface area contributed by atoms with E-state index in [2.05, 4.69) is 15.7 Å². The number of halogens is 5. The zero-order valence-electron chi connectivity index (χ0n) is 20.7. The largest absolute Gasteiger partial charge is 0.484 e. The highest BCUT2D eigenvalue weighted by atomic mass is 32.2. The first kappa shape index (κ1) is 27.6. The van der Waals surface area contributed by atoms with Crippen LogP contribution in [0.25, 0.3) is 11.3 Å². The van der Waals surface area contributed by atoms with Gasteiger partial charge in [0, 0.05) is 17.9 Å². The van der Waals surface area contributed by atoms with E-state index in [-0.39, 0.29) is 34.9 Å². The molecule has 2 heterocycles. The SMILES string of the molecule is CS(=O)(=O)CC(=O)Nc1c(-c2cc(F)cc(F)c2)nn2c1C(=O)N[C@]1(CCc3cc(OCC(F)(F)F)ccc31)C2. The Labute approximate surface area is 224 Å². The molecule has 1 aliphatic heterocycles. The predicted octanol–water partition coefficient (Wildman–Crippen LogP) is 3.34. The van der Waals surface area contributed by atoms with Crippen LogP contribution in [0.4, 0.5) is 27.6 Å². The van der Waals surface area contributed by atoms with E-state index in [1.54, 1.807) is 6.07 Å². The predicted molar refractivity (Wildman–Crippen MR) is 131 cm³/mol. The van der Waals surface area contributed by atoms with Gasteiger partial charge < -0.3 is 15.4 Å². The minimum absolute atomic E-state index is 0.0105. The Morgan fingerprint density at radius 2 is 1.88 bits per heavy atom. The number of ether oxygens (including phenoxy) is 1. The molecule has 1 atom stereocenters. The number of fused-ring (bicyclic) bond motifs is 3. The van der Waals surface area contributed by atoms with Gasteiger partial charge in [0.1, 0.15) is 34.5 Å². The summed E-state index contributed by atoms with van der Waals surface area (Å²) in [6.45, 7) is -1.45. The maximum absolute atomic E-state index is 14.1. The summed E-state index contributed by atoms with van der Waals surface area (Å²) in [4.78, 5) is 26.0. The van der Waals surface area contributed by atoms with Crippen molar-refractivity contribution in [3.8, 4) is 17.0 Å². The Hall–Kier alpha value is -4.01. The van der Waals surface area contributed by atoms with Crippen molar-refractivity contribution in [2.75, 3.05) is 23.9 Å². The smallest absolute Gasteiger partial charge is 0.422 e. The van der Waals surface area contributed by atoms with Gasteiger partial charge in [0.15, 0.2) is 22.1 Å². The van der Waals surface area contributed by atoms with Gasteiger partial charge >= 0.3 is 6.18 Å². The molecular formula is C25H21F5N4O5S. The number of anilines is 1. The van der Waals surface area contributed by atoms with E-state index in [0.29, 0.717) is 30.0 Å². The number of sulfone groups is 1. The number of carbonyl (C=O) groups is 2. The number of rotatable bonds is 6. The molecule has 2 aromatic carbocycles. The van der Waals surface area contributed by atoms with Gasteiger partial charge in [-0.3, -0.25) is 14.3 Å². The lowest BCUT2D eigenvalue weighted by molar-refractivity contribution is -0.153. The van der Waals surface area contributed by atoms with Crippen molar-refractivity contribution < 1.29 is 44.7 Å². The number of amides is 2. The van der Waals surface area contributed by atoms with Crippen LogP contribution in [0.2, 0.25) is 0 Å². The highest BCUT2D eigenvalue weighted by Gasteiger charge is 2.46. The highest BCUT2D eigenvalue weighted by Crippen LogP contribution is 2.44. The second kappa shape index (κ2) is 9.57. The molecule has 40 heavy (non-hydrogen) atoms. The standard InChI is InChI=1S/C25H21F5N4O5S/c1-40(37,38)10-19(35)31-21-20(14-6-15(26)9-16(27)7-14)33-34-11-24(32-23(36)22(21)34)5-4-13-8-17(2-3-18(13)24)39-12-25(28,29)30/h2-3,6-9H,4-5,10-12H2,1H3,(H,31,35)(H,32,36)/t24-/m1/s1. The van der Waals surface area contributed by atoms with Crippen LogP contribution >= 0.6 is 0 Å². The molecule has 2 N–H and O–H groups in total. The first-order chi connectivity index (χ1) is 18.6. The normalized spacial score (nSPS) is 18.3. The maximum Gasteiger partial charge on any atom is 0.422 e. The molecule has 9 nitrogen and oxygen atoms in total. The third-order valence-electron chi connectivity index (χ3n) is 6.55. The number of alkyl halides is 3. The molecule has 212 valence electrons. The summed E-state index contributed by atoms with van der Waals surface area (Å²) in [5, 5.41) is 9.63. The third-order valence-corrected chi connectivity index (χ3v) is 7.34. The summed E-state index contributed by atoms with van der Waals surface area (Å²) < 4.78 is 95.2. The average Bonchev–Trinajstić information content (AvgIpc) is 3.34. The molecule has 1 aromatic heterocycles. The van der Waals surface area contributed by atoms with Crippen LogP contribution in [0, 0.1) is 11.6 Å². The Balaban J connectivity index is 1.54. The quantitative estimate of drug-likeness (QED) is 0.429. The van der Waals surface area contributed by atoms with Crippen LogP contribution in [0.5, 0.6) is 5.75 Å². The van der Waals surface area contributed by atoms with E-state index in [1.807, 2.05) is 0 Å². The zero-order valence-corrected chi connectivity index (χ0v) is 21.5. The van der Waals surface area contributed by atoms with Gasteiger partial charge in [0.2, 0.25) is 5.91 Å². The van der Waals surface area contributed by atoms with Crippen molar-refractivity contribution in [2.45, 2.75) is 31.1 Å². The zero-order chi connectivity index (χ0) is 29.0. The van der Waals surface area contributed by atoms with E-state index in [0.717, 1.165) is 18.4 Å². The van der Waals surface area contributed by atoms with Gasteiger partial charge in [-0.2, -0.15) is 18.3 Å². The number of aromatic nitrogens is 2. The number of hydrogen-bond donors (Lipinski definition) is 2. The fourth-order valence-electron chi connectivity index (χ4n) is 5.08. The first-order valence-electron chi connectivity index (χ1n) is 11.8. The van der Waals surface area contributed by atoms with Gasteiger partial charge in [0.25, 0.3) is 5.91 Å². The number of nitrogens with zero attached hydrogens (tertiary/aromatic N) is 2. The summed E-state index contributed by atoms with van der Waals surface area (Å²) in [5.74, 6) is -4.47. The Kier molecular flexibility index (Phi) is 6.59. The number of nitrogens with one attached hydrogen (secondary N) is 2. The molecule has 2 aliphatic rings. The highest BCUT2D eigenvalue weighted by molar-refractivity contribution is 7.91. The monoisotopic (exact) mass is 584 g/mol. The van der Waals surface area contributed by atoms with Crippen molar-refractivity contribution in [1.82, 2.24) is 15.1 Å². The van der Waals surface area contributed by atoms with Gasteiger partial charge in [-0.15, -0.1) is 0 Å². The fourth-order valence-corrected chi connectivity index (χ4v) is 5.63. The summed E-state index contributed by atoms with van der Waals surface area (Å²) in [6.07, 6.45) is -2.91. The number of aryl methyl sites for hydroxylation is 1. The van der Waals surface area contributed by atoms with Gasteiger partial charge in [-0.05, 0) is 48.2 Å².